The lowest BCUT2D eigenvalue weighted by molar-refractivity contribution is -0.121. The number of rotatable bonds is 8. The Morgan fingerprint density at radius 2 is 1.79 bits per heavy atom. The van der Waals surface area contributed by atoms with Crippen LogP contribution in [-0.4, -0.2) is 50.8 Å². The second kappa shape index (κ2) is 12.2. The lowest BCUT2D eigenvalue weighted by Gasteiger charge is -2.20. The summed E-state index contributed by atoms with van der Waals surface area (Å²) in [6.07, 6.45) is 0.0668. The van der Waals surface area contributed by atoms with Crippen molar-refractivity contribution in [2.24, 2.45) is 10.1 Å². The number of sulfonamides is 1. The van der Waals surface area contributed by atoms with Gasteiger partial charge in [-0.3, -0.25) is 4.79 Å². The normalized spacial score (nSPS) is 12.2. The van der Waals surface area contributed by atoms with Crippen LogP contribution in [0.2, 0.25) is 0 Å². The average Bonchev–Trinajstić information content (AvgIpc) is 2.51. The number of halogens is 1. The third kappa shape index (κ3) is 14.1. The second-order valence-electron chi connectivity index (χ2n) is 7.57. The topological polar surface area (TPSA) is 135 Å². The molecule has 29 heavy (non-hydrogen) atoms. The van der Waals surface area contributed by atoms with E-state index >= 15 is 0 Å². The van der Waals surface area contributed by atoms with Gasteiger partial charge in [0, 0.05) is 17.8 Å². The molecule has 0 aliphatic rings. The summed E-state index contributed by atoms with van der Waals surface area (Å²) in [5.41, 5.74) is 0.335. The van der Waals surface area contributed by atoms with Gasteiger partial charge in [-0.25, -0.2) is 18.5 Å². The number of nitrogens with zero attached hydrogens (tertiary/aromatic N) is 1. The van der Waals surface area contributed by atoms with Gasteiger partial charge in [-0.05, 0) is 58.9 Å². The van der Waals surface area contributed by atoms with Crippen LogP contribution in [-0.2, 0) is 14.8 Å². The first-order valence-electron chi connectivity index (χ1n) is 8.97. The SMILES string of the molecule is CC(C)Oc1ccc(NC(=NCC(=O)NC(C)(C)C)NCCS(N)(=O)=O)cc1.I. The summed E-state index contributed by atoms with van der Waals surface area (Å²) < 4.78 is 27.8. The fourth-order valence-electron chi connectivity index (χ4n) is 2.09. The molecule has 1 amide bonds. The van der Waals surface area contributed by atoms with E-state index in [9.17, 15) is 13.2 Å². The molecule has 0 saturated heterocycles. The Hall–Kier alpha value is -1.60. The van der Waals surface area contributed by atoms with Gasteiger partial charge in [0.05, 0.1) is 11.9 Å². The molecule has 0 aliphatic heterocycles. The fraction of sp³-hybridized carbons (Fsp3) is 0.556. The summed E-state index contributed by atoms with van der Waals surface area (Å²) in [6.45, 7) is 9.44. The van der Waals surface area contributed by atoms with E-state index in [1.165, 1.54) is 0 Å². The van der Waals surface area contributed by atoms with Gasteiger partial charge in [-0.15, -0.1) is 24.0 Å². The van der Waals surface area contributed by atoms with Gasteiger partial charge in [-0.2, -0.15) is 0 Å². The zero-order valence-electron chi connectivity index (χ0n) is 17.5. The third-order valence-corrected chi connectivity index (χ3v) is 3.84. The molecule has 0 radical (unpaired) electrons. The Labute approximate surface area is 190 Å². The molecule has 0 aliphatic carbocycles. The number of amides is 1. The van der Waals surface area contributed by atoms with Crippen LogP contribution in [0.4, 0.5) is 5.69 Å². The predicted octanol–water partition coefficient (Wildman–Crippen LogP) is 1.65. The van der Waals surface area contributed by atoms with E-state index in [0.717, 1.165) is 5.75 Å². The van der Waals surface area contributed by atoms with Crippen LogP contribution in [0.25, 0.3) is 0 Å². The molecule has 1 aromatic carbocycles. The van der Waals surface area contributed by atoms with Gasteiger partial charge in [0.2, 0.25) is 15.9 Å². The summed E-state index contributed by atoms with van der Waals surface area (Å²) >= 11 is 0. The van der Waals surface area contributed by atoms with Crippen LogP contribution in [0.1, 0.15) is 34.6 Å². The van der Waals surface area contributed by atoms with Crippen molar-refractivity contribution in [2.75, 3.05) is 24.2 Å². The molecule has 0 aromatic heterocycles. The first kappa shape index (κ1) is 27.4. The number of benzene rings is 1. The molecule has 0 bridgehead atoms. The van der Waals surface area contributed by atoms with Crippen molar-refractivity contribution >= 4 is 51.6 Å². The van der Waals surface area contributed by atoms with E-state index < -0.39 is 10.0 Å². The average molecular weight is 541 g/mol. The van der Waals surface area contributed by atoms with Crippen molar-refractivity contribution < 1.29 is 17.9 Å². The smallest absolute Gasteiger partial charge is 0.242 e. The molecule has 0 heterocycles. The number of hydrogen-bond donors (Lipinski definition) is 4. The number of anilines is 1. The minimum atomic E-state index is -3.61. The molecular weight excluding hydrogens is 509 g/mol. The van der Waals surface area contributed by atoms with E-state index in [1.807, 2.05) is 34.6 Å². The second-order valence-corrected chi connectivity index (χ2v) is 9.31. The predicted molar refractivity (Wildman–Crippen MR) is 127 cm³/mol. The minimum Gasteiger partial charge on any atom is -0.491 e. The van der Waals surface area contributed by atoms with Gasteiger partial charge in [0.15, 0.2) is 5.96 Å². The number of nitrogens with one attached hydrogen (secondary N) is 3. The molecule has 1 rings (SSSR count). The summed E-state index contributed by atoms with van der Waals surface area (Å²) in [5.74, 6) is 0.486. The largest absolute Gasteiger partial charge is 0.491 e. The third-order valence-electron chi connectivity index (χ3n) is 3.06. The van der Waals surface area contributed by atoms with Crippen LogP contribution >= 0.6 is 24.0 Å². The number of primary sulfonamides is 1. The first-order valence-corrected chi connectivity index (χ1v) is 10.7. The minimum absolute atomic E-state index is 0. The van der Waals surface area contributed by atoms with E-state index in [0.29, 0.717) is 5.69 Å². The standard InChI is InChI=1S/C18H31N5O4S.HI/c1-13(2)27-15-8-6-14(7-9-15)22-17(20-10-11-28(19,25)26)21-12-16(24)23-18(3,4)5;/h6-9,13H,10-12H2,1-5H3,(H,23,24)(H2,19,25,26)(H2,20,21,22);1H. The van der Waals surface area contributed by atoms with Gasteiger partial charge in [0.1, 0.15) is 12.3 Å². The van der Waals surface area contributed by atoms with Crippen LogP contribution in [0.3, 0.4) is 0 Å². The zero-order chi connectivity index (χ0) is 21.4. The van der Waals surface area contributed by atoms with Crippen molar-refractivity contribution in [3.63, 3.8) is 0 Å². The lowest BCUT2D eigenvalue weighted by atomic mass is 10.1. The highest BCUT2D eigenvalue weighted by atomic mass is 127. The summed E-state index contributed by atoms with van der Waals surface area (Å²) in [5, 5.41) is 13.7. The van der Waals surface area contributed by atoms with E-state index in [4.69, 9.17) is 9.88 Å². The van der Waals surface area contributed by atoms with Crippen molar-refractivity contribution in [2.45, 2.75) is 46.3 Å². The Kier molecular flexibility index (Phi) is 11.5. The Bertz CT molecular complexity index is 774. The Balaban J connectivity index is 0.00000784. The molecule has 0 unspecified atom stereocenters. The molecule has 166 valence electrons. The number of carbonyl (C=O) groups is 1. The molecule has 9 nitrogen and oxygen atoms in total. The van der Waals surface area contributed by atoms with E-state index in [2.05, 4.69) is 20.9 Å². The fourth-order valence-corrected chi connectivity index (χ4v) is 2.47. The number of guanidine groups is 1. The number of ether oxygens (including phenoxy) is 1. The molecule has 0 fully saturated rings. The summed E-state index contributed by atoms with van der Waals surface area (Å²) in [6, 6.07) is 7.20. The maximum atomic E-state index is 12.0. The van der Waals surface area contributed by atoms with Gasteiger partial charge < -0.3 is 20.7 Å². The number of nitrogens with two attached hydrogens (primary N) is 1. The monoisotopic (exact) mass is 541 g/mol. The number of aliphatic imine (C=N–C) groups is 1. The molecule has 0 saturated carbocycles. The van der Waals surface area contributed by atoms with Crippen LogP contribution in [0, 0.1) is 0 Å². The lowest BCUT2D eigenvalue weighted by Crippen LogP contribution is -2.42. The van der Waals surface area contributed by atoms with Crippen molar-refractivity contribution in [1.29, 1.82) is 0 Å². The number of carbonyl (C=O) groups excluding carboxylic acids is 1. The van der Waals surface area contributed by atoms with E-state index in [-0.39, 0.29) is 66.3 Å². The van der Waals surface area contributed by atoms with Crippen molar-refractivity contribution in [1.82, 2.24) is 10.6 Å². The maximum absolute atomic E-state index is 12.0. The Morgan fingerprint density at radius 1 is 1.21 bits per heavy atom. The van der Waals surface area contributed by atoms with Crippen molar-refractivity contribution in [3.05, 3.63) is 24.3 Å². The zero-order valence-corrected chi connectivity index (χ0v) is 20.6. The molecular formula is C18H32IN5O4S. The highest BCUT2D eigenvalue weighted by molar-refractivity contribution is 14.0. The molecule has 1 aromatic rings. The van der Waals surface area contributed by atoms with Crippen LogP contribution in [0.15, 0.2) is 29.3 Å². The summed E-state index contributed by atoms with van der Waals surface area (Å²) in [7, 11) is -3.61. The van der Waals surface area contributed by atoms with Gasteiger partial charge in [-0.1, -0.05) is 0 Å². The van der Waals surface area contributed by atoms with Crippen LogP contribution < -0.4 is 25.8 Å². The Morgan fingerprint density at radius 3 is 2.28 bits per heavy atom. The quantitative estimate of drug-likeness (QED) is 0.225. The molecule has 11 heteroatoms. The highest BCUT2D eigenvalue weighted by Gasteiger charge is 2.13. The highest BCUT2D eigenvalue weighted by Crippen LogP contribution is 2.16. The molecule has 0 spiro atoms. The molecule has 5 N–H and O–H groups in total. The summed E-state index contributed by atoms with van der Waals surface area (Å²) in [4.78, 5) is 16.2. The number of hydrogen-bond acceptors (Lipinski definition) is 5. The van der Waals surface area contributed by atoms with Crippen LogP contribution in [0.5, 0.6) is 5.75 Å². The maximum Gasteiger partial charge on any atom is 0.242 e. The van der Waals surface area contributed by atoms with Gasteiger partial charge in [0.25, 0.3) is 0 Å². The molecule has 0 atom stereocenters. The van der Waals surface area contributed by atoms with Crippen molar-refractivity contribution in [3.8, 4) is 5.75 Å². The first-order chi connectivity index (χ1) is 12.8. The van der Waals surface area contributed by atoms with Gasteiger partial charge >= 0.3 is 0 Å². The van der Waals surface area contributed by atoms with E-state index in [1.54, 1.807) is 24.3 Å².